The summed E-state index contributed by atoms with van der Waals surface area (Å²) in [6.07, 6.45) is -0.492. The van der Waals surface area contributed by atoms with E-state index in [1.807, 2.05) is 12.1 Å². The lowest BCUT2D eigenvalue weighted by Gasteiger charge is -2.10. The highest BCUT2D eigenvalue weighted by Gasteiger charge is 2.15. The molecule has 0 saturated heterocycles. The lowest BCUT2D eigenvalue weighted by molar-refractivity contribution is -0.0461. The smallest absolute Gasteiger partial charge is 0.197 e. The van der Waals surface area contributed by atoms with Crippen molar-refractivity contribution in [3.8, 4) is 22.4 Å². The molecule has 26 heavy (non-hydrogen) atoms. The number of aryl methyl sites for hydroxylation is 1. The Morgan fingerprint density at radius 1 is 1.08 bits per heavy atom. The van der Waals surface area contributed by atoms with Gasteiger partial charge in [0.15, 0.2) is 16.1 Å². The number of aliphatic hydroxyl groups is 2. The number of aromatic nitrogens is 2. The number of sulfone groups is 1. The van der Waals surface area contributed by atoms with E-state index in [0.717, 1.165) is 11.1 Å². The summed E-state index contributed by atoms with van der Waals surface area (Å²) >= 11 is 0. The summed E-state index contributed by atoms with van der Waals surface area (Å²) in [7, 11) is -1.61. The zero-order chi connectivity index (χ0) is 19.1. The molecule has 8 heteroatoms. The Morgan fingerprint density at radius 3 is 2.35 bits per heavy atom. The van der Waals surface area contributed by atoms with Gasteiger partial charge in [0.2, 0.25) is 0 Å². The third-order valence-electron chi connectivity index (χ3n) is 4.09. The highest BCUT2D eigenvalue weighted by Crippen LogP contribution is 2.32. The fourth-order valence-electron chi connectivity index (χ4n) is 2.75. The van der Waals surface area contributed by atoms with Gasteiger partial charge >= 0.3 is 0 Å². The first-order valence-corrected chi connectivity index (χ1v) is 9.66. The van der Waals surface area contributed by atoms with Gasteiger partial charge in [-0.25, -0.2) is 8.42 Å². The van der Waals surface area contributed by atoms with Gasteiger partial charge < -0.3 is 15.9 Å². The number of rotatable bonds is 4. The number of nitrogen functional groups attached to an aromatic ring is 1. The predicted octanol–water partition coefficient (Wildman–Crippen LogP) is 1.72. The molecule has 3 rings (SSSR count). The van der Waals surface area contributed by atoms with Gasteiger partial charge in [-0.05, 0) is 35.4 Å². The van der Waals surface area contributed by atoms with Crippen LogP contribution in [-0.2, 0) is 16.9 Å². The van der Waals surface area contributed by atoms with Crippen LogP contribution in [-0.4, -0.2) is 34.7 Å². The molecule has 0 saturated carbocycles. The Hall–Kier alpha value is -2.68. The minimum Gasteiger partial charge on any atom is -0.398 e. The quantitative estimate of drug-likeness (QED) is 0.473. The third-order valence-corrected chi connectivity index (χ3v) is 5.20. The molecule has 3 aromatic rings. The van der Waals surface area contributed by atoms with Crippen LogP contribution in [0.3, 0.4) is 0 Å². The van der Waals surface area contributed by atoms with E-state index < -0.39 is 16.1 Å². The van der Waals surface area contributed by atoms with Crippen molar-refractivity contribution >= 4 is 15.5 Å². The van der Waals surface area contributed by atoms with Gasteiger partial charge in [0.25, 0.3) is 0 Å². The van der Waals surface area contributed by atoms with E-state index in [1.54, 1.807) is 43.4 Å². The molecule has 136 valence electrons. The molecule has 0 fully saturated rings. The SMILES string of the molecule is Cn1nc(C(O)O)cc1-c1ccc(-c2cccc(S(C)(=O)=O)c2)cc1N. The second kappa shape index (κ2) is 6.56. The number of hydrogen-bond acceptors (Lipinski definition) is 6. The highest BCUT2D eigenvalue weighted by atomic mass is 32.2. The molecule has 0 bridgehead atoms. The minimum atomic E-state index is -3.30. The van der Waals surface area contributed by atoms with Crippen LogP contribution in [0.25, 0.3) is 22.4 Å². The van der Waals surface area contributed by atoms with E-state index in [0.29, 0.717) is 16.9 Å². The predicted molar refractivity (Wildman–Crippen MR) is 98.8 cm³/mol. The Morgan fingerprint density at radius 2 is 1.77 bits per heavy atom. The molecule has 0 aliphatic heterocycles. The number of benzene rings is 2. The number of anilines is 1. The summed E-state index contributed by atoms with van der Waals surface area (Å²) < 4.78 is 25.0. The zero-order valence-corrected chi connectivity index (χ0v) is 15.1. The summed E-state index contributed by atoms with van der Waals surface area (Å²) in [5.41, 5.74) is 9.63. The van der Waals surface area contributed by atoms with E-state index in [4.69, 9.17) is 5.73 Å². The minimum absolute atomic E-state index is 0.131. The second-order valence-electron chi connectivity index (χ2n) is 6.05. The van der Waals surface area contributed by atoms with Crippen LogP contribution in [0, 0.1) is 0 Å². The number of nitrogens with zero attached hydrogens (tertiary/aromatic N) is 2. The van der Waals surface area contributed by atoms with Crippen LogP contribution in [0.2, 0.25) is 0 Å². The number of nitrogens with two attached hydrogens (primary N) is 1. The van der Waals surface area contributed by atoms with E-state index >= 15 is 0 Å². The fourth-order valence-corrected chi connectivity index (χ4v) is 3.42. The van der Waals surface area contributed by atoms with Gasteiger partial charge in [-0.1, -0.05) is 24.3 Å². The lowest BCUT2D eigenvalue weighted by Crippen LogP contribution is -1.99. The average molecular weight is 373 g/mol. The van der Waals surface area contributed by atoms with E-state index in [2.05, 4.69) is 5.10 Å². The van der Waals surface area contributed by atoms with Crippen molar-refractivity contribution in [2.75, 3.05) is 12.0 Å². The zero-order valence-electron chi connectivity index (χ0n) is 14.3. The van der Waals surface area contributed by atoms with Gasteiger partial charge in [0.05, 0.1) is 10.6 Å². The maximum absolute atomic E-state index is 11.7. The number of aliphatic hydroxyl groups excluding tert-OH is 1. The summed E-state index contributed by atoms with van der Waals surface area (Å²) in [5, 5.41) is 22.6. The molecular formula is C18H19N3O4S. The van der Waals surface area contributed by atoms with Crippen LogP contribution in [0.15, 0.2) is 53.4 Å². The van der Waals surface area contributed by atoms with Crippen molar-refractivity contribution in [3.05, 3.63) is 54.2 Å². The lowest BCUT2D eigenvalue weighted by atomic mass is 10.0. The van der Waals surface area contributed by atoms with Gasteiger partial charge in [-0.3, -0.25) is 4.68 Å². The van der Waals surface area contributed by atoms with E-state index in [9.17, 15) is 18.6 Å². The third kappa shape index (κ3) is 3.48. The molecule has 0 aliphatic carbocycles. The van der Waals surface area contributed by atoms with Gasteiger partial charge in [-0.15, -0.1) is 0 Å². The fraction of sp³-hybridized carbons (Fsp3) is 0.167. The first kappa shape index (κ1) is 18.1. The van der Waals surface area contributed by atoms with Gasteiger partial charge in [-0.2, -0.15) is 5.10 Å². The molecule has 4 N–H and O–H groups in total. The van der Waals surface area contributed by atoms with Crippen LogP contribution in [0.1, 0.15) is 12.0 Å². The molecular weight excluding hydrogens is 354 g/mol. The molecule has 7 nitrogen and oxygen atoms in total. The summed E-state index contributed by atoms with van der Waals surface area (Å²) in [5.74, 6) is 0. The number of hydrogen-bond donors (Lipinski definition) is 3. The Kier molecular flexibility index (Phi) is 4.57. The van der Waals surface area contributed by atoms with Crippen LogP contribution in [0.4, 0.5) is 5.69 Å². The van der Waals surface area contributed by atoms with Crippen molar-refractivity contribution < 1.29 is 18.6 Å². The standard InChI is InChI=1S/C18H19N3O4S/c1-21-17(10-16(20-21)18(22)23)14-7-6-12(9-15(14)19)11-4-3-5-13(8-11)26(2,24)25/h3-10,18,22-23H,19H2,1-2H3. The Labute approximate surface area is 151 Å². The molecule has 0 amide bonds. The molecule has 1 aromatic heterocycles. The van der Waals surface area contributed by atoms with E-state index in [-0.39, 0.29) is 10.6 Å². The Bertz CT molecular complexity index is 1070. The maximum Gasteiger partial charge on any atom is 0.197 e. The summed E-state index contributed by atoms with van der Waals surface area (Å²) in [6.45, 7) is 0. The van der Waals surface area contributed by atoms with Crippen molar-refractivity contribution in [1.29, 1.82) is 0 Å². The summed E-state index contributed by atoms with van der Waals surface area (Å²) in [4.78, 5) is 0.242. The molecule has 2 aromatic carbocycles. The maximum atomic E-state index is 11.7. The monoisotopic (exact) mass is 373 g/mol. The van der Waals surface area contributed by atoms with Crippen molar-refractivity contribution in [2.45, 2.75) is 11.2 Å². The van der Waals surface area contributed by atoms with Crippen LogP contribution in [0.5, 0.6) is 0 Å². The first-order chi connectivity index (χ1) is 12.2. The van der Waals surface area contributed by atoms with Crippen molar-refractivity contribution in [1.82, 2.24) is 9.78 Å². The Balaban J connectivity index is 2.04. The second-order valence-corrected chi connectivity index (χ2v) is 8.07. The molecule has 1 heterocycles. The normalized spacial score (nSPS) is 11.9. The molecule has 0 spiro atoms. The van der Waals surface area contributed by atoms with Crippen LogP contribution < -0.4 is 5.73 Å². The molecule has 0 radical (unpaired) electrons. The first-order valence-electron chi connectivity index (χ1n) is 7.77. The van der Waals surface area contributed by atoms with Crippen LogP contribution >= 0.6 is 0 Å². The average Bonchev–Trinajstić information content (AvgIpc) is 2.96. The van der Waals surface area contributed by atoms with Gasteiger partial charge in [0, 0.05) is 24.6 Å². The highest BCUT2D eigenvalue weighted by molar-refractivity contribution is 7.90. The topological polar surface area (TPSA) is 118 Å². The van der Waals surface area contributed by atoms with Gasteiger partial charge in [0.1, 0.15) is 5.69 Å². The van der Waals surface area contributed by atoms with E-state index in [1.165, 1.54) is 10.9 Å². The largest absolute Gasteiger partial charge is 0.398 e. The molecule has 0 aliphatic rings. The molecule has 0 unspecified atom stereocenters. The molecule has 0 atom stereocenters. The van der Waals surface area contributed by atoms with Crippen molar-refractivity contribution in [3.63, 3.8) is 0 Å². The van der Waals surface area contributed by atoms with Crippen molar-refractivity contribution in [2.24, 2.45) is 7.05 Å². The summed E-state index contributed by atoms with van der Waals surface area (Å²) in [6, 6.07) is 13.6.